The lowest BCUT2D eigenvalue weighted by molar-refractivity contribution is 0.410. The molecule has 0 radical (unpaired) electrons. The van der Waals surface area contributed by atoms with E-state index in [9.17, 15) is 0 Å². The zero-order chi connectivity index (χ0) is 15.4. The van der Waals surface area contributed by atoms with Crippen LogP contribution in [0.15, 0.2) is 42.5 Å². The summed E-state index contributed by atoms with van der Waals surface area (Å²) >= 11 is 12.6. The monoisotopic (exact) mass is 322 g/mol. The first-order chi connectivity index (χ1) is 10.1. The molecule has 2 rings (SSSR count). The van der Waals surface area contributed by atoms with E-state index in [1.807, 2.05) is 12.1 Å². The first kappa shape index (κ1) is 16.2. The molecule has 1 nitrogen and oxygen atoms in total. The Morgan fingerprint density at radius 3 is 2.24 bits per heavy atom. The van der Waals surface area contributed by atoms with Crippen molar-refractivity contribution in [3.05, 3.63) is 64.2 Å². The summed E-state index contributed by atoms with van der Waals surface area (Å²) in [7, 11) is 1.63. The van der Waals surface area contributed by atoms with E-state index >= 15 is 0 Å². The van der Waals surface area contributed by atoms with Crippen LogP contribution in [0, 0.1) is 0 Å². The fraction of sp³-hybridized carbons (Fsp3) is 0.333. The molecule has 0 aromatic heterocycles. The van der Waals surface area contributed by atoms with Gasteiger partial charge in [0.2, 0.25) is 0 Å². The number of hydrogen-bond donors (Lipinski definition) is 0. The van der Waals surface area contributed by atoms with Crippen LogP contribution >= 0.6 is 23.2 Å². The van der Waals surface area contributed by atoms with Crippen molar-refractivity contribution in [2.24, 2.45) is 0 Å². The maximum absolute atomic E-state index is 6.61. The maximum Gasteiger partial charge on any atom is 0.125 e. The molecule has 0 N–H and O–H groups in total. The Bertz CT molecular complexity index is 593. The van der Waals surface area contributed by atoms with Gasteiger partial charge < -0.3 is 4.74 Å². The lowest BCUT2D eigenvalue weighted by Gasteiger charge is -2.16. The minimum atomic E-state index is -0.247. The standard InChI is InChI=1S/C18H20Cl2O/c1-4-12(2)13-5-7-14(8-6-13)18(20)16-10-9-15(19)11-17(16)21-3/h5-12,18H,4H2,1-3H3. The molecular weight excluding hydrogens is 303 g/mol. The summed E-state index contributed by atoms with van der Waals surface area (Å²) in [5.74, 6) is 1.28. The third kappa shape index (κ3) is 3.72. The molecule has 112 valence electrons. The number of alkyl halides is 1. The Labute approximate surface area is 136 Å². The largest absolute Gasteiger partial charge is 0.496 e. The fourth-order valence-electron chi connectivity index (χ4n) is 2.30. The predicted octanol–water partition coefficient (Wildman–Crippen LogP) is 6.19. The van der Waals surface area contributed by atoms with Crippen molar-refractivity contribution in [3.8, 4) is 5.75 Å². The van der Waals surface area contributed by atoms with E-state index < -0.39 is 0 Å². The Balaban J connectivity index is 2.29. The second kappa shape index (κ2) is 7.20. The van der Waals surface area contributed by atoms with Gasteiger partial charge in [-0.1, -0.05) is 55.8 Å². The Morgan fingerprint density at radius 1 is 1.05 bits per heavy atom. The molecule has 0 spiro atoms. The topological polar surface area (TPSA) is 9.23 Å². The number of rotatable bonds is 5. The predicted molar refractivity (Wildman–Crippen MR) is 90.8 cm³/mol. The van der Waals surface area contributed by atoms with Crippen LogP contribution in [-0.4, -0.2) is 7.11 Å². The van der Waals surface area contributed by atoms with Crippen LogP contribution in [0.25, 0.3) is 0 Å². The van der Waals surface area contributed by atoms with Crippen molar-refractivity contribution in [1.82, 2.24) is 0 Å². The summed E-state index contributed by atoms with van der Waals surface area (Å²) in [5, 5.41) is 0.398. The van der Waals surface area contributed by atoms with Gasteiger partial charge in [-0.05, 0) is 35.6 Å². The highest BCUT2D eigenvalue weighted by atomic mass is 35.5. The van der Waals surface area contributed by atoms with Crippen LogP contribution in [0.4, 0.5) is 0 Å². The van der Waals surface area contributed by atoms with Gasteiger partial charge in [0, 0.05) is 10.6 Å². The summed E-state index contributed by atoms with van der Waals surface area (Å²) in [6.07, 6.45) is 1.13. The third-order valence-corrected chi connectivity index (χ3v) is 4.60. The molecule has 3 heteroatoms. The van der Waals surface area contributed by atoms with Crippen molar-refractivity contribution in [2.45, 2.75) is 31.6 Å². The molecule has 0 bridgehead atoms. The van der Waals surface area contributed by atoms with Crippen LogP contribution in [0.5, 0.6) is 5.75 Å². The van der Waals surface area contributed by atoms with Crippen LogP contribution in [-0.2, 0) is 0 Å². The number of benzene rings is 2. The maximum atomic E-state index is 6.61. The van der Waals surface area contributed by atoms with Crippen molar-refractivity contribution >= 4 is 23.2 Å². The zero-order valence-corrected chi connectivity index (χ0v) is 14.1. The number of ether oxygens (including phenoxy) is 1. The average Bonchev–Trinajstić information content (AvgIpc) is 2.53. The molecule has 0 aliphatic heterocycles. The number of methoxy groups -OCH3 is 1. The molecule has 0 aliphatic rings. The Hall–Kier alpha value is -1.18. The molecule has 0 aliphatic carbocycles. The molecule has 0 amide bonds. The third-order valence-electron chi connectivity index (χ3n) is 3.88. The number of halogens is 2. The number of hydrogen-bond acceptors (Lipinski definition) is 1. The SMILES string of the molecule is CCC(C)c1ccc(C(Cl)c2ccc(Cl)cc2OC)cc1. The molecule has 0 saturated carbocycles. The van der Waals surface area contributed by atoms with E-state index in [4.69, 9.17) is 27.9 Å². The van der Waals surface area contributed by atoms with Crippen molar-refractivity contribution in [1.29, 1.82) is 0 Å². The van der Waals surface area contributed by atoms with Crippen molar-refractivity contribution in [2.75, 3.05) is 7.11 Å². The van der Waals surface area contributed by atoms with E-state index in [-0.39, 0.29) is 5.38 Å². The quantitative estimate of drug-likeness (QED) is 0.596. The van der Waals surface area contributed by atoms with Gasteiger partial charge in [0.25, 0.3) is 0 Å². The summed E-state index contributed by atoms with van der Waals surface area (Å²) in [5.41, 5.74) is 3.33. The summed E-state index contributed by atoms with van der Waals surface area (Å²) < 4.78 is 5.38. The molecular formula is C18H20Cl2O. The second-order valence-electron chi connectivity index (χ2n) is 5.22. The first-order valence-electron chi connectivity index (χ1n) is 7.14. The van der Waals surface area contributed by atoms with E-state index in [0.717, 1.165) is 17.5 Å². The van der Waals surface area contributed by atoms with Crippen molar-refractivity contribution < 1.29 is 4.74 Å². The van der Waals surface area contributed by atoms with Gasteiger partial charge in [-0.15, -0.1) is 11.6 Å². The molecule has 2 atom stereocenters. The van der Waals surface area contributed by atoms with E-state index in [0.29, 0.717) is 16.7 Å². The fourth-order valence-corrected chi connectivity index (χ4v) is 2.79. The van der Waals surface area contributed by atoms with E-state index in [2.05, 4.69) is 38.1 Å². The van der Waals surface area contributed by atoms with Crippen LogP contribution < -0.4 is 4.74 Å². The first-order valence-corrected chi connectivity index (χ1v) is 7.95. The summed E-state index contributed by atoms with van der Waals surface area (Å²) in [6.45, 7) is 4.43. The highest BCUT2D eigenvalue weighted by molar-refractivity contribution is 6.30. The van der Waals surface area contributed by atoms with Gasteiger partial charge in [-0.25, -0.2) is 0 Å². The molecule has 2 unspecified atom stereocenters. The lowest BCUT2D eigenvalue weighted by atomic mass is 9.95. The minimum Gasteiger partial charge on any atom is -0.496 e. The van der Waals surface area contributed by atoms with Gasteiger partial charge in [0.05, 0.1) is 12.5 Å². The van der Waals surface area contributed by atoms with Crippen LogP contribution in [0.2, 0.25) is 5.02 Å². The van der Waals surface area contributed by atoms with Gasteiger partial charge in [0.15, 0.2) is 0 Å². The highest BCUT2D eigenvalue weighted by Crippen LogP contribution is 2.36. The molecule has 0 saturated heterocycles. The Kier molecular flexibility index (Phi) is 5.55. The smallest absolute Gasteiger partial charge is 0.125 e. The molecule has 0 heterocycles. The molecule has 2 aromatic carbocycles. The highest BCUT2D eigenvalue weighted by Gasteiger charge is 2.16. The van der Waals surface area contributed by atoms with E-state index in [1.165, 1.54) is 5.56 Å². The van der Waals surface area contributed by atoms with E-state index in [1.54, 1.807) is 13.2 Å². The molecule has 0 fully saturated rings. The average molecular weight is 323 g/mol. The van der Waals surface area contributed by atoms with Gasteiger partial charge in [-0.3, -0.25) is 0 Å². The summed E-state index contributed by atoms with van der Waals surface area (Å²) in [4.78, 5) is 0. The van der Waals surface area contributed by atoms with Gasteiger partial charge in [-0.2, -0.15) is 0 Å². The van der Waals surface area contributed by atoms with Crippen LogP contribution in [0.1, 0.15) is 48.3 Å². The van der Waals surface area contributed by atoms with Gasteiger partial charge in [0.1, 0.15) is 5.75 Å². The van der Waals surface area contributed by atoms with Gasteiger partial charge >= 0.3 is 0 Å². The lowest BCUT2D eigenvalue weighted by Crippen LogP contribution is -1.98. The normalized spacial score (nSPS) is 13.8. The van der Waals surface area contributed by atoms with Crippen molar-refractivity contribution in [3.63, 3.8) is 0 Å². The molecule has 21 heavy (non-hydrogen) atoms. The zero-order valence-electron chi connectivity index (χ0n) is 12.6. The Morgan fingerprint density at radius 2 is 1.67 bits per heavy atom. The minimum absolute atomic E-state index is 0.247. The second-order valence-corrected chi connectivity index (χ2v) is 6.10. The summed E-state index contributed by atoms with van der Waals surface area (Å²) in [6, 6.07) is 14.0. The van der Waals surface area contributed by atoms with Crippen LogP contribution in [0.3, 0.4) is 0 Å². The molecule has 2 aromatic rings.